The molecule has 0 aliphatic heterocycles. The van der Waals surface area contributed by atoms with Crippen LogP contribution in [0, 0.1) is 5.92 Å². The van der Waals surface area contributed by atoms with Crippen molar-refractivity contribution in [2.24, 2.45) is 5.92 Å². The van der Waals surface area contributed by atoms with Crippen molar-refractivity contribution in [3.05, 3.63) is 34.7 Å². The van der Waals surface area contributed by atoms with E-state index in [1.165, 1.54) is 24.2 Å². The number of carbonyl (C=O) groups excluding carboxylic acids is 2. The number of nitrogens with zero attached hydrogens (tertiary/aromatic N) is 1. The third-order valence-electron chi connectivity index (χ3n) is 3.83. The van der Waals surface area contributed by atoms with Gasteiger partial charge in [-0.3, -0.25) is 9.59 Å². The zero-order chi connectivity index (χ0) is 16.4. The first-order chi connectivity index (χ1) is 11.1. The Morgan fingerprint density at radius 1 is 1.26 bits per heavy atom. The molecule has 0 aromatic carbocycles. The van der Waals surface area contributed by atoms with Crippen LogP contribution in [-0.2, 0) is 0 Å². The molecule has 0 radical (unpaired) electrons. The van der Waals surface area contributed by atoms with E-state index in [1.54, 1.807) is 20.0 Å². The highest BCUT2D eigenvalue weighted by atomic mass is 32.1. The quantitative estimate of drug-likeness (QED) is 0.799. The molecule has 2 heterocycles. The Hall–Kier alpha value is -2.21. The van der Waals surface area contributed by atoms with Gasteiger partial charge in [-0.15, -0.1) is 11.3 Å². The average Bonchev–Trinajstić information content (AvgIpc) is 3.25. The Labute approximate surface area is 139 Å². The zero-order valence-electron chi connectivity index (χ0n) is 13.2. The van der Waals surface area contributed by atoms with Gasteiger partial charge in [-0.05, 0) is 49.9 Å². The van der Waals surface area contributed by atoms with Crippen molar-refractivity contribution in [3.63, 3.8) is 0 Å². The van der Waals surface area contributed by atoms with Crippen LogP contribution in [-0.4, -0.2) is 30.3 Å². The van der Waals surface area contributed by atoms with E-state index in [9.17, 15) is 9.59 Å². The SMILES string of the molecule is CNC(=O)c1ccc(-c2ccc(C(C)=O)s2)nc1NCC1CC1. The minimum absolute atomic E-state index is 0.0512. The maximum atomic E-state index is 12.0. The van der Waals surface area contributed by atoms with Crippen LogP contribution in [0.15, 0.2) is 24.3 Å². The van der Waals surface area contributed by atoms with Gasteiger partial charge in [0.25, 0.3) is 5.91 Å². The lowest BCUT2D eigenvalue weighted by Crippen LogP contribution is -2.21. The summed E-state index contributed by atoms with van der Waals surface area (Å²) in [6, 6.07) is 7.31. The number of amides is 1. The smallest absolute Gasteiger partial charge is 0.254 e. The number of rotatable bonds is 6. The Kier molecular flexibility index (Phi) is 4.43. The number of anilines is 1. The van der Waals surface area contributed by atoms with Gasteiger partial charge in [0.05, 0.1) is 21.0 Å². The van der Waals surface area contributed by atoms with E-state index in [0.717, 1.165) is 17.1 Å². The highest BCUT2D eigenvalue weighted by molar-refractivity contribution is 7.17. The number of aromatic nitrogens is 1. The number of pyridine rings is 1. The van der Waals surface area contributed by atoms with Crippen molar-refractivity contribution in [1.82, 2.24) is 10.3 Å². The lowest BCUT2D eigenvalue weighted by molar-refractivity contribution is 0.0962. The van der Waals surface area contributed by atoms with E-state index < -0.39 is 0 Å². The number of hydrogen-bond acceptors (Lipinski definition) is 5. The minimum atomic E-state index is -0.155. The predicted octanol–water partition coefficient (Wildman–Crippen LogP) is 3.19. The summed E-state index contributed by atoms with van der Waals surface area (Å²) in [6.07, 6.45) is 2.46. The molecule has 0 bridgehead atoms. The maximum Gasteiger partial charge on any atom is 0.254 e. The van der Waals surface area contributed by atoms with Crippen LogP contribution in [0.25, 0.3) is 10.6 Å². The van der Waals surface area contributed by atoms with Gasteiger partial charge in [0.1, 0.15) is 5.82 Å². The minimum Gasteiger partial charge on any atom is -0.369 e. The van der Waals surface area contributed by atoms with E-state index in [0.29, 0.717) is 22.2 Å². The number of thiophene rings is 1. The van der Waals surface area contributed by atoms with Crippen LogP contribution in [0.1, 0.15) is 39.8 Å². The molecule has 3 rings (SSSR count). The van der Waals surface area contributed by atoms with Crippen LogP contribution in [0.3, 0.4) is 0 Å². The van der Waals surface area contributed by atoms with Gasteiger partial charge in [-0.1, -0.05) is 0 Å². The number of nitrogens with one attached hydrogen (secondary N) is 2. The van der Waals surface area contributed by atoms with Crippen LogP contribution < -0.4 is 10.6 Å². The highest BCUT2D eigenvalue weighted by Gasteiger charge is 2.22. The highest BCUT2D eigenvalue weighted by Crippen LogP contribution is 2.31. The first-order valence-corrected chi connectivity index (χ1v) is 8.48. The maximum absolute atomic E-state index is 12.0. The lowest BCUT2D eigenvalue weighted by atomic mass is 10.2. The largest absolute Gasteiger partial charge is 0.369 e. The van der Waals surface area contributed by atoms with Gasteiger partial charge in [0, 0.05) is 13.6 Å². The molecule has 2 aromatic heterocycles. The van der Waals surface area contributed by atoms with Crippen molar-refractivity contribution in [2.75, 3.05) is 18.9 Å². The van der Waals surface area contributed by atoms with Crippen molar-refractivity contribution in [3.8, 4) is 10.6 Å². The van der Waals surface area contributed by atoms with Crippen LogP contribution in [0.5, 0.6) is 0 Å². The Morgan fingerprint density at radius 2 is 2.04 bits per heavy atom. The topological polar surface area (TPSA) is 71.1 Å². The van der Waals surface area contributed by atoms with Gasteiger partial charge in [-0.25, -0.2) is 4.98 Å². The molecule has 0 spiro atoms. The predicted molar refractivity (Wildman–Crippen MR) is 92.2 cm³/mol. The Balaban J connectivity index is 1.92. The lowest BCUT2D eigenvalue weighted by Gasteiger charge is -2.11. The van der Waals surface area contributed by atoms with Crippen LogP contribution >= 0.6 is 11.3 Å². The monoisotopic (exact) mass is 329 g/mol. The number of carbonyl (C=O) groups is 2. The normalized spacial score (nSPS) is 13.7. The Bertz CT molecular complexity index is 750. The Morgan fingerprint density at radius 3 is 2.65 bits per heavy atom. The molecular weight excluding hydrogens is 310 g/mol. The molecular formula is C17H19N3O2S. The van der Waals surface area contributed by atoms with Crippen molar-refractivity contribution in [2.45, 2.75) is 19.8 Å². The van der Waals surface area contributed by atoms with Crippen LogP contribution in [0.2, 0.25) is 0 Å². The number of hydrogen-bond donors (Lipinski definition) is 2. The molecule has 1 aliphatic carbocycles. The summed E-state index contributed by atoms with van der Waals surface area (Å²) >= 11 is 1.42. The third-order valence-corrected chi connectivity index (χ3v) is 5.04. The van der Waals surface area contributed by atoms with Crippen molar-refractivity contribution < 1.29 is 9.59 Å². The third kappa shape index (κ3) is 3.59. The molecule has 5 nitrogen and oxygen atoms in total. The summed E-state index contributed by atoms with van der Waals surface area (Å²) < 4.78 is 0. The number of Topliss-reactive ketones (excluding diaryl/α,β-unsaturated/α-hetero) is 1. The second-order valence-corrected chi connectivity index (χ2v) is 6.80. The summed E-state index contributed by atoms with van der Waals surface area (Å²) in [5.74, 6) is 1.18. The van der Waals surface area contributed by atoms with Crippen molar-refractivity contribution >= 4 is 28.8 Å². The van der Waals surface area contributed by atoms with Crippen molar-refractivity contribution in [1.29, 1.82) is 0 Å². The molecule has 0 unspecified atom stereocenters. The first kappa shape index (κ1) is 15.7. The summed E-state index contributed by atoms with van der Waals surface area (Å²) in [5, 5.41) is 5.94. The first-order valence-electron chi connectivity index (χ1n) is 7.66. The molecule has 6 heteroatoms. The molecule has 120 valence electrons. The fourth-order valence-electron chi connectivity index (χ4n) is 2.28. The standard InChI is InChI=1S/C17H19N3O2S/c1-10(21)14-7-8-15(23-14)13-6-5-12(17(22)18-2)16(20-13)19-9-11-3-4-11/h5-8,11H,3-4,9H2,1-2H3,(H,18,22)(H,19,20). The van der Waals surface area contributed by atoms with Gasteiger partial charge in [0.15, 0.2) is 5.78 Å². The molecule has 1 aliphatic rings. The molecule has 2 N–H and O–H groups in total. The molecule has 23 heavy (non-hydrogen) atoms. The van der Waals surface area contributed by atoms with E-state index in [2.05, 4.69) is 15.6 Å². The van der Waals surface area contributed by atoms with Crippen LogP contribution in [0.4, 0.5) is 5.82 Å². The molecule has 0 atom stereocenters. The average molecular weight is 329 g/mol. The fraction of sp³-hybridized carbons (Fsp3) is 0.353. The van der Waals surface area contributed by atoms with Gasteiger partial charge >= 0.3 is 0 Å². The fourth-order valence-corrected chi connectivity index (χ4v) is 3.15. The summed E-state index contributed by atoms with van der Waals surface area (Å²) in [5.41, 5.74) is 1.31. The zero-order valence-corrected chi connectivity index (χ0v) is 14.0. The molecule has 2 aromatic rings. The second-order valence-electron chi connectivity index (χ2n) is 5.72. The summed E-state index contributed by atoms with van der Waals surface area (Å²) in [7, 11) is 1.61. The molecule has 0 saturated heterocycles. The summed E-state index contributed by atoms with van der Waals surface area (Å²) in [4.78, 5) is 29.7. The van der Waals surface area contributed by atoms with Gasteiger partial charge in [0.2, 0.25) is 0 Å². The second kappa shape index (κ2) is 6.50. The van der Waals surface area contributed by atoms with E-state index >= 15 is 0 Å². The van der Waals surface area contributed by atoms with Gasteiger partial charge < -0.3 is 10.6 Å². The number of ketones is 1. The van der Waals surface area contributed by atoms with E-state index in [4.69, 9.17) is 0 Å². The molecule has 1 saturated carbocycles. The van der Waals surface area contributed by atoms with Gasteiger partial charge in [-0.2, -0.15) is 0 Å². The molecule has 1 fully saturated rings. The van der Waals surface area contributed by atoms with E-state index in [-0.39, 0.29) is 11.7 Å². The molecule has 1 amide bonds. The van der Waals surface area contributed by atoms with E-state index in [1.807, 2.05) is 18.2 Å². The summed E-state index contributed by atoms with van der Waals surface area (Å²) in [6.45, 7) is 2.39.